The van der Waals surface area contributed by atoms with Crippen LogP contribution in [0.5, 0.6) is 0 Å². The van der Waals surface area contributed by atoms with Crippen molar-refractivity contribution in [1.82, 2.24) is 5.32 Å². The van der Waals surface area contributed by atoms with Crippen molar-refractivity contribution in [2.75, 3.05) is 20.8 Å². The smallest absolute Gasteiger partial charge is 0.328 e. The minimum Gasteiger partial charge on any atom is -0.467 e. The highest BCUT2D eigenvalue weighted by atomic mass is 16.5. The Morgan fingerprint density at radius 3 is 2.30 bits per heavy atom. The fraction of sp³-hybridized carbons (Fsp3) is 0.467. The number of amides is 1. The fourth-order valence-electron chi connectivity index (χ4n) is 2.08. The van der Waals surface area contributed by atoms with E-state index >= 15 is 0 Å². The Kier molecular flexibility index (Phi) is 6.18. The van der Waals surface area contributed by atoms with Crippen molar-refractivity contribution in [2.45, 2.75) is 26.3 Å². The monoisotopic (exact) mass is 279 g/mol. The lowest BCUT2D eigenvalue weighted by Gasteiger charge is -2.18. The maximum atomic E-state index is 11.8. The molecule has 0 spiro atoms. The van der Waals surface area contributed by atoms with Crippen LogP contribution in [0.3, 0.4) is 0 Å². The standard InChI is InChI=1S/C15H21NO4/c1-10-6-5-7-11(2)12(10)8-13(15(18)20-4)16-14(17)9-19-3/h5-7,13H,8-9H2,1-4H3,(H,16,17)/t13-/m1/s1. The van der Waals surface area contributed by atoms with Gasteiger partial charge in [-0.2, -0.15) is 0 Å². The SMILES string of the molecule is COCC(=O)N[C@H](Cc1c(C)cccc1C)C(=O)OC. The predicted octanol–water partition coefficient (Wildman–Crippen LogP) is 1.15. The first-order chi connectivity index (χ1) is 9.49. The molecule has 0 radical (unpaired) electrons. The molecule has 0 fully saturated rings. The molecule has 5 nitrogen and oxygen atoms in total. The second kappa shape index (κ2) is 7.65. The molecule has 1 atom stereocenters. The summed E-state index contributed by atoms with van der Waals surface area (Å²) in [4.78, 5) is 23.4. The van der Waals surface area contributed by atoms with E-state index in [9.17, 15) is 9.59 Å². The predicted molar refractivity (Wildman–Crippen MR) is 75.4 cm³/mol. The van der Waals surface area contributed by atoms with Gasteiger partial charge in [-0.05, 0) is 30.5 Å². The number of benzene rings is 1. The summed E-state index contributed by atoms with van der Waals surface area (Å²) in [5.74, 6) is -0.800. The topological polar surface area (TPSA) is 64.6 Å². The molecule has 1 aromatic rings. The van der Waals surface area contributed by atoms with Gasteiger partial charge >= 0.3 is 5.97 Å². The number of carbonyl (C=O) groups excluding carboxylic acids is 2. The van der Waals surface area contributed by atoms with Crippen LogP contribution in [0.1, 0.15) is 16.7 Å². The molecule has 0 unspecified atom stereocenters. The van der Waals surface area contributed by atoms with E-state index in [1.54, 1.807) is 0 Å². The molecule has 20 heavy (non-hydrogen) atoms. The van der Waals surface area contributed by atoms with E-state index < -0.39 is 12.0 Å². The average molecular weight is 279 g/mol. The van der Waals surface area contributed by atoms with E-state index in [1.807, 2.05) is 32.0 Å². The first-order valence-corrected chi connectivity index (χ1v) is 6.40. The lowest BCUT2D eigenvalue weighted by molar-refractivity contribution is -0.145. The van der Waals surface area contributed by atoms with Gasteiger partial charge in [0.05, 0.1) is 7.11 Å². The van der Waals surface area contributed by atoms with Gasteiger partial charge in [0.15, 0.2) is 0 Å². The summed E-state index contributed by atoms with van der Waals surface area (Å²) in [6.45, 7) is 3.88. The Morgan fingerprint density at radius 2 is 1.80 bits per heavy atom. The zero-order valence-electron chi connectivity index (χ0n) is 12.4. The van der Waals surface area contributed by atoms with Crippen molar-refractivity contribution < 1.29 is 19.1 Å². The molecule has 0 aliphatic rings. The van der Waals surface area contributed by atoms with Crippen LogP contribution in [0.2, 0.25) is 0 Å². The number of nitrogens with one attached hydrogen (secondary N) is 1. The molecular formula is C15H21NO4. The Hall–Kier alpha value is -1.88. The average Bonchev–Trinajstić information content (AvgIpc) is 2.41. The van der Waals surface area contributed by atoms with Gasteiger partial charge in [-0.15, -0.1) is 0 Å². The van der Waals surface area contributed by atoms with Crippen molar-refractivity contribution in [3.8, 4) is 0 Å². The van der Waals surface area contributed by atoms with Crippen molar-refractivity contribution in [2.24, 2.45) is 0 Å². The van der Waals surface area contributed by atoms with E-state index in [1.165, 1.54) is 14.2 Å². The quantitative estimate of drug-likeness (QED) is 0.793. The molecule has 110 valence electrons. The Balaban J connectivity index is 2.90. The molecule has 0 bridgehead atoms. The number of methoxy groups -OCH3 is 2. The van der Waals surface area contributed by atoms with Gasteiger partial charge in [0.2, 0.25) is 5.91 Å². The van der Waals surface area contributed by atoms with Crippen LogP contribution < -0.4 is 5.32 Å². The minimum absolute atomic E-state index is 0.0831. The number of rotatable bonds is 6. The summed E-state index contributed by atoms with van der Waals surface area (Å²) in [5.41, 5.74) is 3.21. The molecular weight excluding hydrogens is 258 g/mol. The van der Waals surface area contributed by atoms with Gasteiger partial charge in [0.1, 0.15) is 12.6 Å². The second-order valence-electron chi connectivity index (χ2n) is 4.65. The van der Waals surface area contributed by atoms with Crippen molar-refractivity contribution >= 4 is 11.9 Å². The Bertz CT molecular complexity index is 465. The van der Waals surface area contributed by atoms with E-state index in [-0.39, 0.29) is 12.5 Å². The lowest BCUT2D eigenvalue weighted by atomic mass is 9.96. The van der Waals surface area contributed by atoms with E-state index in [0.717, 1.165) is 16.7 Å². The number of aryl methyl sites for hydroxylation is 2. The van der Waals surface area contributed by atoms with Crippen LogP contribution in [0.15, 0.2) is 18.2 Å². The van der Waals surface area contributed by atoms with Crippen molar-refractivity contribution in [3.05, 3.63) is 34.9 Å². The summed E-state index contributed by atoms with van der Waals surface area (Å²) in [5, 5.41) is 2.63. The first kappa shape index (κ1) is 16.2. The largest absolute Gasteiger partial charge is 0.467 e. The zero-order chi connectivity index (χ0) is 15.1. The summed E-state index contributed by atoms with van der Waals surface area (Å²) >= 11 is 0. The summed E-state index contributed by atoms with van der Waals surface area (Å²) in [6.07, 6.45) is 0.403. The lowest BCUT2D eigenvalue weighted by Crippen LogP contribution is -2.44. The van der Waals surface area contributed by atoms with Gasteiger partial charge in [0.25, 0.3) is 0 Å². The number of hydrogen-bond donors (Lipinski definition) is 1. The van der Waals surface area contributed by atoms with Crippen LogP contribution >= 0.6 is 0 Å². The number of esters is 1. The molecule has 1 aromatic carbocycles. The third kappa shape index (κ3) is 4.35. The number of carbonyl (C=O) groups is 2. The van der Waals surface area contributed by atoms with E-state index in [0.29, 0.717) is 6.42 Å². The van der Waals surface area contributed by atoms with Gasteiger partial charge in [0, 0.05) is 13.5 Å². The molecule has 1 N–H and O–H groups in total. The van der Waals surface area contributed by atoms with Crippen LogP contribution in [-0.2, 0) is 25.5 Å². The van der Waals surface area contributed by atoms with Gasteiger partial charge in [-0.3, -0.25) is 4.79 Å². The van der Waals surface area contributed by atoms with Crippen LogP contribution in [0.25, 0.3) is 0 Å². The van der Waals surface area contributed by atoms with Crippen molar-refractivity contribution in [1.29, 1.82) is 0 Å². The van der Waals surface area contributed by atoms with Gasteiger partial charge in [-0.1, -0.05) is 18.2 Å². The maximum Gasteiger partial charge on any atom is 0.328 e. The molecule has 5 heteroatoms. The molecule has 1 amide bonds. The Morgan fingerprint density at radius 1 is 1.20 bits per heavy atom. The van der Waals surface area contributed by atoms with Crippen molar-refractivity contribution in [3.63, 3.8) is 0 Å². The summed E-state index contributed by atoms with van der Waals surface area (Å²) in [7, 11) is 2.74. The van der Waals surface area contributed by atoms with E-state index in [2.05, 4.69) is 5.32 Å². The van der Waals surface area contributed by atoms with Gasteiger partial charge in [-0.25, -0.2) is 4.79 Å². The van der Waals surface area contributed by atoms with Crippen LogP contribution in [0.4, 0.5) is 0 Å². The zero-order valence-corrected chi connectivity index (χ0v) is 12.4. The van der Waals surface area contributed by atoms with Crippen LogP contribution in [0, 0.1) is 13.8 Å². The fourth-order valence-corrected chi connectivity index (χ4v) is 2.08. The molecule has 0 saturated heterocycles. The van der Waals surface area contributed by atoms with Crippen LogP contribution in [-0.4, -0.2) is 38.7 Å². The summed E-state index contributed by atoms with van der Waals surface area (Å²) < 4.78 is 9.50. The third-order valence-electron chi connectivity index (χ3n) is 3.15. The highest BCUT2D eigenvalue weighted by molar-refractivity contribution is 5.85. The summed E-state index contributed by atoms with van der Waals surface area (Å²) in [6, 6.07) is 5.22. The normalized spacial score (nSPS) is 11.8. The highest BCUT2D eigenvalue weighted by Crippen LogP contribution is 2.16. The maximum absolute atomic E-state index is 11.8. The molecule has 0 aromatic heterocycles. The second-order valence-corrected chi connectivity index (χ2v) is 4.65. The highest BCUT2D eigenvalue weighted by Gasteiger charge is 2.23. The molecule has 0 heterocycles. The third-order valence-corrected chi connectivity index (χ3v) is 3.15. The molecule has 0 aliphatic carbocycles. The Labute approximate surface area is 119 Å². The molecule has 0 saturated carbocycles. The minimum atomic E-state index is -0.706. The number of hydrogen-bond acceptors (Lipinski definition) is 4. The van der Waals surface area contributed by atoms with Gasteiger partial charge < -0.3 is 14.8 Å². The molecule has 1 rings (SSSR count). The molecule has 0 aliphatic heterocycles. The number of ether oxygens (including phenoxy) is 2. The first-order valence-electron chi connectivity index (χ1n) is 6.40. The van der Waals surface area contributed by atoms with E-state index in [4.69, 9.17) is 9.47 Å².